The smallest absolute Gasteiger partial charge is 0.0771 e. The SMILES string of the molecule is CCOC1CC(NCC2(O)CCC2)C1. The molecular weight excluding hydrogens is 178 g/mol. The molecule has 14 heavy (non-hydrogen) atoms. The van der Waals surface area contributed by atoms with E-state index in [9.17, 15) is 5.11 Å². The van der Waals surface area contributed by atoms with Gasteiger partial charge in [-0.3, -0.25) is 0 Å². The fourth-order valence-electron chi connectivity index (χ4n) is 2.20. The summed E-state index contributed by atoms with van der Waals surface area (Å²) in [4.78, 5) is 0. The Morgan fingerprint density at radius 1 is 1.43 bits per heavy atom. The van der Waals surface area contributed by atoms with Crippen molar-refractivity contribution in [2.75, 3.05) is 13.2 Å². The third-order valence-corrected chi connectivity index (χ3v) is 3.50. The minimum absolute atomic E-state index is 0.378. The third-order valence-electron chi connectivity index (χ3n) is 3.50. The minimum Gasteiger partial charge on any atom is -0.389 e. The molecule has 2 fully saturated rings. The second-order valence-corrected chi connectivity index (χ2v) is 4.70. The second kappa shape index (κ2) is 4.17. The fraction of sp³-hybridized carbons (Fsp3) is 1.00. The Balaban J connectivity index is 1.56. The van der Waals surface area contributed by atoms with Crippen molar-refractivity contribution in [1.82, 2.24) is 5.32 Å². The van der Waals surface area contributed by atoms with Gasteiger partial charge in [0.2, 0.25) is 0 Å². The van der Waals surface area contributed by atoms with Gasteiger partial charge < -0.3 is 15.2 Å². The van der Waals surface area contributed by atoms with Crippen molar-refractivity contribution in [3.8, 4) is 0 Å². The highest BCUT2D eigenvalue weighted by molar-refractivity contribution is 4.93. The van der Waals surface area contributed by atoms with Crippen molar-refractivity contribution >= 4 is 0 Å². The number of nitrogens with one attached hydrogen (secondary N) is 1. The average Bonchev–Trinajstić information content (AvgIpc) is 2.05. The Morgan fingerprint density at radius 2 is 2.14 bits per heavy atom. The quantitative estimate of drug-likeness (QED) is 0.695. The molecule has 2 saturated carbocycles. The molecule has 0 radical (unpaired) electrons. The molecule has 0 heterocycles. The van der Waals surface area contributed by atoms with Gasteiger partial charge in [0.05, 0.1) is 11.7 Å². The lowest BCUT2D eigenvalue weighted by Gasteiger charge is -2.41. The van der Waals surface area contributed by atoms with Gasteiger partial charge in [-0.1, -0.05) is 0 Å². The van der Waals surface area contributed by atoms with E-state index in [1.807, 2.05) is 6.92 Å². The monoisotopic (exact) mass is 199 g/mol. The Morgan fingerprint density at radius 3 is 2.64 bits per heavy atom. The molecule has 0 aliphatic heterocycles. The van der Waals surface area contributed by atoms with Crippen molar-refractivity contribution < 1.29 is 9.84 Å². The highest BCUT2D eigenvalue weighted by Gasteiger charge is 2.36. The Bertz CT molecular complexity index is 186. The number of rotatable bonds is 5. The van der Waals surface area contributed by atoms with Crippen LogP contribution in [0.1, 0.15) is 39.0 Å². The van der Waals surface area contributed by atoms with Crippen molar-refractivity contribution in [3.05, 3.63) is 0 Å². The van der Waals surface area contributed by atoms with Crippen LogP contribution in [0.3, 0.4) is 0 Å². The predicted molar refractivity (Wildman–Crippen MR) is 55.2 cm³/mol. The molecule has 2 aliphatic rings. The highest BCUT2D eigenvalue weighted by Crippen LogP contribution is 2.32. The summed E-state index contributed by atoms with van der Waals surface area (Å²) in [5.41, 5.74) is -0.378. The first kappa shape index (κ1) is 10.4. The molecule has 0 atom stereocenters. The van der Waals surface area contributed by atoms with Gasteiger partial charge in [-0.2, -0.15) is 0 Å². The largest absolute Gasteiger partial charge is 0.389 e. The lowest BCUT2D eigenvalue weighted by Crippen LogP contribution is -2.53. The van der Waals surface area contributed by atoms with Crippen LogP contribution in [-0.4, -0.2) is 36.0 Å². The maximum Gasteiger partial charge on any atom is 0.0771 e. The number of ether oxygens (including phenoxy) is 1. The summed E-state index contributed by atoms with van der Waals surface area (Å²) in [6.07, 6.45) is 5.83. The molecule has 3 nitrogen and oxygen atoms in total. The molecule has 0 unspecified atom stereocenters. The summed E-state index contributed by atoms with van der Waals surface area (Å²) in [7, 11) is 0. The molecule has 0 spiro atoms. The molecule has 0 amide bonds. The first-order valence-electron chi connectivity index (χ1n) is 5.79. The summed E-state index contributed by atoms with van der Waals surface area (Å²) in [5.74, 6) is 0. The lowest BCUT2D eigenvalue weighted by molar-refractivity contribution is -0.0487. The van der Waals surface area contributed by atoms with Crippen LogP contribution in [0.15, 0.2) is 0 Å². The van der Waals surface area contributed by atoms with Crippen LogP contribution in [0, 0.1) is 0 Å². The zero-order valence-electron chi connectivity index (χ0n) is 8.96. The van der Waals surface area contributed by atoms with Gasteiger partial charge in [-0.25, -0.2) is 0 Å². The van der Waals surface area contributed by atoms with E-state index in [0.717, 1.165) is 38.8 Å². The van der Waals surface area contributed by atoms with Crippen molar-refractivity contribution in [3.63, 3.8) is 0 Å². The molecule has 0 aromatic carbocycles. The zero-order chi connectivity index (χ0) is 10.0. The predicted octanol–water partition coefficient (Wildman–Crippen LogP) is 1.06. The summed E-state index contributed by atoms with van der Waals surface area (Å²) < 4.78 is 5.48. The van der Waals surface area contributed by atoms with Crippen molar-refractivity contribution in [2.45, 2.75) is 56.8 Å². The molecule has 0 aromatic rings. The van der Waals surface area contributed by atoms with E-state index >= 15 is 0 Å². The van der Waals surface area contributed by atoms with Crippen LogP contribution in [0.2, 0.25) is 0 Å². The zero-order valence-corrected chi connectivity index (χ0v) is 8.96. The number of hydrogen-bond acceptors (Lipinski definition) is 3. The number of aliphatic hydroxyl groups is 1. The van der Waals surface area contributed by atoms with Gasteiger partial charge in [0.25, 0.3) is 0 Å². The van der Waals surface area contributed by atoms with E-state index in [2.05, 4.69) is 5.32 Å². The van der Waals surface area contributed by atoms with Crippen molar-refractivity contribution in [2.24, 2.45) is 0 Å². The molecule has 2 aliphatic carbocycles. The molecule has 82 valence electrons. The molecule has 0 bridgehead atoms. The molecule has 0 saturated heterocycles. The first-order chi connectivity index (χ1) is 6.72. The summed E-state index contributed by atoms with van der Waals surface area (Å²) in [5, 5.41) is 13.3. The van der Waals surface area contributed by atoms with E-state index in [1.54, 1.807) is 0 Å². The molecule has 2 N–H and O–H groups in total. The number of hydrogen-bond donors (Lipinski definition) is 2. The minimum atomic E-state index is -0.378. The summed E-state index contributed by atoms with van der Waals surface area (Å²) in [6.45, 7) is 3.63. The summed E-state index contributed by atoms with van der Waals surface area (Å²) in [6, 6.07) is 0.580. The first-order valence-corrected chi connectivity index (χ1v) is 5.79. The van der Waals surface area contributed by atoms with E-state index in [1.165, 1.54) is 6.42 Å². The summed E-state index contributed by atoms with van der Waals surface area (Å²) >= 11 is 0. The van der Waals surface area contributed by atoms with E-state index < -0.39 is 0 Å². The molecular formula is C11H21NO2. The maximum atomic E-state index is 9.85. The average molecular weight is 199 g/mol. The van der Waals surface area contributed by atoms with Crippen LogP contribution >= 0.6 is 0 Å². The van der Waals surface area contributed by atoms with Gasteiger partial charge in [-0.15, -0.1) is 0 Å². The van der Waals surface area contributed by atoms with Gasteiger partial charge in [0.15, 0.2) is 0 Å². The van der Waals surface area contributed by atoms with Crippen LogP contribution in [-0.2, 0) is 4.74 Å². The molecule has 3 heteroatoms. The van der Waals surface area contributed by atoms with Crippen LogP contribution < -0.4 is 5.32 Å². The van der Waals surface area contributed by atoms with E-state index in [-0.39, 0.29) is 5.60 Å². The lowest BCUT2D eigenvalue weighted by atomic mass is 9.79. The standard InChI is InChI=1S/C11H21NO2/c1-2-14-10-6-9(7-10)12-8-11(13)4-3-5-11/h9-10,12-13H,2-8H2,1H3. The van der Waals surface area contributed by atoms with Gasteiger partial charge >= 0.3 is 0 Å². The normalized spacial score (nSPS) is 34.7. The Labute approximate surface area is 85.8 Å². The van der Waals surface area contributed by atoms with E-state index in [4.69, 9.17) is 4.74 Å². The Kier molecular flexibility index (Phi) is 3.10. The van der Waals surface area contributed by atoms with Crippen molar-refractivity contribution in [1.29, 1.82) is 0 Å². The second-order valence-electron chi connectivity index (χ2n) is 4.70. The maximum absolute atomic E-state index is 9.85. The van der Waals surface area contributed by atoms with Crippen LogP contribution in [0.4, 0.5) is 0 Å². The van der Waals surface area contributed by atoms with Crippen LogP contribution in [0.25, 0.3) is 0 Å². The molecule has 0 aromatic heterocycles. The van der Waals surface area contributed by atoms with Gasteiger partial charge in [-0.05, 0) is 39.0 Å². The van der Waals surface area contributed by atoms with Gasteiger partial charge in [0.1, 0.15) is 0 Å². The fourth-order valence-corrected chi connectivity index (χ4v) is 2.20. The van der Waals surface area contributed by atoms with E-state index in [0.29, 0.717) is 12.1 Å². The van der Waals surface area contributed by atoms with Crippen LogP contribution in [0.5, 0.6) is 0 Å². The Hall–Kier alpha value is -0.120. The third kappa shape index (κ3) is 2.27. The topological polar surface area (TPSA) is 41.5 Å². The van der Waals surface area contributed by atoms with Gasteiger partial charge in [0, 0.05) is 19.2 Å². The molecule has 2 rings (SSSR count). The highest BCUT2D eigenvalue weighted by atomic mass is 16.5.